The SMILES string of the molecule is O=[N+]([O-])c1cnc(NC2CCS(=O)(=O)CC2)c(Cl)c1. The summed E-state index contributed by atoms with van der Waals surface area (Å²) in [5.74, 6) is 0.612. The Labute approximate surface area is 115 Å². The number of aromatic nitrogens is 1. The van der Waals surface area contributed by atoms with Crippen LogP contribution in [0.15, 0.2) is 12.3 Å². The van der Waals surface area contributed by atoms with Gasteiger partial charge in [-0.1, -0.05) is 11.6 Å². The molecule has 0 amide bonds. The van der Waals surface area contributed by atoms with Gasteiger partial charge in [-0.2, -0.15) is 0 Å². The summed E-state index contributed by atoms with van der Waals surface area (Å²) in [4.78, 5) is 13.9. The third-order valence-electron chi connectivity index (χ3n) is 2.93. The third kappa shape index (κ3) is 3.54. The second kappa shape index (κ2) is 5.30. The topological polar surface area (TPSA) is 102 Å². The Balaban J connectivity index is 2.06. The van der Waals surface area contributed by atoms with Crippen LogP contribution < -0.4 is 5.32 Å². The molecule has 7 nitrogen and oxygen atoms in total. The Morgan fingerprint density at radius 3 is 2.58 bits per heavy atom. The molecule has 1 aliphatic heterocycles. The molecule has 0 bridgehead atoms. The summed E-state index contributed by atoms with van der Waals surface area (Å²) in [5.41, 5.74) is -0.179. The summed E-state index contributed by atoms with van der Waals surface area (Å²) in [6.07, 6.45) is 2.09. The average Bonchev–Trinajstić information content (AvgIpc) is 2.34. The van der Waals surface area contributed by atoms with E-state index in [0.717, 1.165) is 6.20 Å². The molecule has 104 valence electrons. The monoisotopic (exact) mass is 305 g/mol. The maximum Gasteiger partial charge on any atom is 0.289 e. The number of hydrogen-bond acceptors (Lipinski definition) is 6. The van der Waals surface area contributed by atoms with Gasteiger partial charge in [0.1, 0.15) is 21.9 Å². The minimum absolute atomic E-state index is 0.0324. The maximum absolute atomic E-state index is 11.3. The lowest BCUT2D eigenvalue weighted by Gasteiger charge is -2.23. The Morgan fingerprint density at radius 2 is 2.05 bits per heavy atom. The zero-order valence-electron chi connectivity index (χ0n) is 9.87. The normalized spacial score (nSPS) is 19.0. The molecule has 19 heavy (non-hydrogen) atoms. The van der Waals surface area contributed by atoms with E-state index in [2.05, 4.69) is 10.3 Å². The van der Waals surface area contributed by atoms with Crippen LogP contribution in [0.3, 0.4) is 0 Å². The standard InChI is InChI=1S/C10H12ClN3O4S/c11-9-5-8(14(15)16)6-12-10(9)13-7-1-3-19(17,18)4-2-7/h5-7H,1-4H2,(H,12,13). The van der Waals surface area contributed by atoms with Crippen molar-refractivity contribution in [2.45, 2.75) is 18.9 Å². The van der Waals surface area contributed by atoms with Crippen molar-refractivity contribution in [3.8, 4) is 0 Å². The van der Waals surface area contributed by atoms with E-state index >= 15 is 0 Å². The van der Waals surface area contributed by atoms with Gasteiger partial charge in [0, 0.05) is 12.1 Å². The van der Waals surface area contributed by atoms with Crippen LogP contribution in [0.5, 0.6) is 0 Å². The van der Waals surface area contributed by atoms with E-state index in [0.29, 0.717) is 18.7 Å². The van der Waals surface area contributed by atoms with Crippen molar-refractivity contribution in [3.05, 3.63) is 27.4 Å². The number of hydrogen-bond donors (Lipinski definition) is 1. The smallest absolute Gasteiger partial charge is 0.289 e. The second-order valence-corrected chi connectivity index (χ2v) is 7.06. The lowest BCUT2D eigenvalue weighted by atomic mass is 10.1. The van der Waals surface area contributed by atoms with Gasteiger partial charge in [-0.25, -0.2) is 13.4 Å². The molecule has 2 rings (SSSR count). The summed E-state index contributed by atoms with van der Waals surface area (Å²) < 4.78 is 22.6. The fourth-order valence-corrected chi connectivity index (χ4v) is 3.57. The molecule has 1 fully saturated rings. The molecule has 0 atom stereocenters. The lowest BCUT2D eigenvalue weighted by Crippen LogP contribution is -2.32. The highest BCUT2D eigenvalue weighted by molar-refractivity contribution is 7.91. The number of anilines is 1. The van der Waals surface area contributed by atoms with E-state index in [-0.39, 0.29) is 28.3 Å². The first-order valence-electron chi connectivity index (χ1n) is 5.64. The van der Waals surface area contributed by atoms with E-state index in [1.165, 1.54) is 6.07 Å². The molecule has 1 aromatic rings. The largest absolute Gasteiger partial charge is 0.366 e. The maximum atomic E-state index is 11.3. The minimum Gasteiger partial charge on any atom is -0.366 e. The summed E-state index contributed by atoms with van der Waals surface area (Å²) in [5, 5.41) is 13.7. The van der Waals surface area contributed by atoms with E-state index < -0.39 is 14.8 Å². The number of sulfone groups is 1. The fourth-order valence-electron chi connectivity index (χ4n) is 1.86. The Bertz CT molecular complexity index is 591. The highest BCUT2D eigenvalue weighted by Crippen LogP contribution is 2.26. The van der Waals surface area contributed by atoms with Crippen LogP contribution >= 0.6 is 11.6 Å². The van der Waals surface area contributed by atoms with Crippen molar-refractivity contribution >= 4 is 32.9 Å². The molecule has 0 aliphatic carbocycles. The van der Waals surface area contributed by atoms with Crippen LogP contribution in [0, 0.1) is 10.1 Å². The lowest BCUT2D eigenvalue weighted by molar-refractivity contribution is -0.385. The summed E-state index contributed by atoms with van der Waals surface area (Å²) in [6.45, 7) is 0. The zero-order chi connectivity index (χ0) is 14.0. The molecule has 1 aliphatic rings. The van der Waals surface area contributed by atoms with Gasteiger partial charge in [-0.15, -0.1) is 0 Å². The van der Waals surface area contributed by atoms with Gasteiger partial charge < -0.3 is 5.32 Å². The van der Waals surface area contributed by atoms with Crippen LogP contribution in [0.1, 0.15) is 12.8 Å². The highest BCUT2D eigenvalue weighted by Gasteiger charge is 2.24. The molecule has 0 saturated carbocycles. The Hall–Kier alpha value is -1.41. The number of nitrogens with one attached hydrogen (secondary N) is 1. The molecule has 2 heterocycles. The molecular formula is C10H12ClN3O4S. The van der Waals surface area contributed by atoms with E-state index in [1.807, 2.05) is 0 Å². The van der Waals surface area contributed by atoms with Crippen molar-refractivity contribution in [3.63, 3.8) is 0 Å². The first kappa shape index (κ1) is 14.0. The van der Waals surface area contributed by atoms with Crippen LogP contribution in [0.25, 0.3) is 0 Å². The van der Waals surface area contributed by atoms with Gasteiger partial charge in [0.25, 0.3) is 5.69 Å². The van der Waals surface area contributed by atoms with Gasteiger partial charge in [-0.3, -0.25) is 10.1 Å². The van der Waals surface area contributed by atoms with Crippen molar-refractivity contribution in [1.29, 1.82) is 0 Å². The molecule has 0 spiro atoms. The average molecular weight is 306 g/mol. The van der Waals surface area contributed by atoms with Crippen molar-refractivity contribution in [2.24, 2.45) is 0 Å². The molecule has 0 radical (unpaired) electrons. The van der Waals surface area contributed by atoms with E-state index in [1.54, 1.807) is 0 Å². The highest BCUT2D eigenvalue weighted by atomic mass is 35.5. The Morgan fingerprint density at radius 1 is 1.42 bits per heavy atom. The summed E-state index contributed by atoms with van der Waals surface area (Å²) in [7, 11) is -2.92. The Kier molecular flexibility index (Phi) is 3.91. The predicted molar refractivity (Wildman–Crippen MR) is 71.2 cm³/mol. The first-order chi connectivity index (χ1) is 8.87. The number of nitro groups is 1. The number of nitrogens with zero attached hydrogens (tertiary/aromatic N) is 2. The number of rotatable bonds is 3. The van der Waals surface area contributed by atoms with Gasteiger partial charge in [0.2, 0.25) is 0 Å². The van der Waals surface area contributed by atoms with E-state index in [4.69, 9.17) is 11.6 Å². The van der Waals surface area contributed by atoms with Gasteiger partial charge in [-0.05, 0) is 12.8 Å². The predicted octanol–water partition coefficient (Wildman–Crippen LogP) is 1.63. The first-order valence-corrected chi connectivity index (χ1v) is 7.84. The van der Waals surface area contributed by atoms with Crippen LogP contribution in [0.2, 0.25) is 5.02 Å². The molecule has 0 unspecified atom stereocenters. The molecule has 9 heteroatoms. The molecule has 1 aromatic heterocycles. The quantitative estimate of drug-likeness (QED) is 0.672. The van der Waals surface area contributed by atoms with Gasteiger partial charge in [0.05, 0.1) is 21.5 Å². The molecule has 1 N–H and O–H groups in total. The van der Waals surface area contributed by atoms with Crippen molar-refractivity contribution < 1.29 is 13.3 Å². The molecule has 1 saturated heterocycles. The zero-order valence-corrected chi connectivity index (χ0v) is 11.4. The molecular weight excluding hydrogens is 294 g/mol. The second-order valence-electron chi connectivity index (χ2n) is 4.35. The van der Waals surface area contributed by atoms with Crippen molar-refractivity contribution in [2.75, 3.05) is 16.8 Å². The minimum atomic E-state index is -2.92. The van der Waals surface area contributed by atoms with Crippen LogP contribution in [0.4, 0.5) is 11.5 Å². The third-order valence-corrected chi connectivity index (χ3v) is 4.94. The number of halogens is 1. The fraction of sp³-hybridized carbons (Fsp3) is 0.500. The summed E-state index contributed by atoms with van der Waals surface area (Å²) in [6, 6.07) is 1.19. The summed E-state index contributed by atoms with van der Waals surface area (Å²) >= 11 is 5.90. The van der Waals surface area contributed by atoms with Crippen molar-refractivity contribution in [1.82, 2.24) is 4.98 Å². The molecule has 0 aromatic carbocycles. The number of pyridine rings is 1. The van der Waals surface area contributed by atoms with E-state index in [9.17, 15) is 18.5 Å². The van der Waals surface area contributed by atoms with Crippen LogP contribution in [-0.2, 0) is 9.84 Å². The van der Waals surface area contributed by atoms with Crippen LogP contribution in [-0.4, -0.2) is 35.9 Å². The van der Waals surface area contributed by atoms with Gasteiger partial charge >= 0.3 is 0 Å². The van der Waals surface area contributed by atoms with Gasteiger partial charge in [0.15, 0.2) is 0 Å².